The number of hydrogen-bond donors (Lipinski definition) is 6. The van der Waals surface area contributed by atoms with E-state index in [9.17, 15) is 15.3 Å². The Hall–Kier alpha value is -3.80. The first-order chi connectivity index (χ1) is 16.6. The maximum absolute atomic E-state index is 9.22. The highest BCUT2D eigenvalue weighted by atomic mass is 16.7. The van der Waals surface area contributed by atoms with Crippen LogP contribution < -0.4 is 20.1 Å². The third-order valence-electron chi connectivity index (χ3n) is 4.77. The molecule has 3 aromatic rings. The van der Waals surface area contributed by atoms with Gasteiger partial charge in [0, 0.05) is 30.5 Å². The van der Waals surface area contributed by atoms with Gasteiger partial charge in [-0.3, -0.25) is 0 Å². The molecule has 3 aromatic heterocycles. The summed E-state index contributed by atoms with van der Waals surface area (Å²) >= 11 is 0. The van der Waals surface area contributed by atoms with Gasteiger partial charge in [0.2, 0.25) is 11.8 Å². The molecule has 0 aliphatic heterocycles. The summed E-state index contributed by atoms with van der Waals surface area (Å²) in [7, 11) is 1.56. The van der Waals surface area contributed by atoms with E-state index in [2.05, 4.69) is 25.6 Å². The third-order valence-corrected chi connectivity index (χ3v) is 4.77. The van der Waals surface area contributed by atoms with E-state index in [0.29, 0.717) is 40.8 Å². The Balaban J connectivity index is 2.09. The Bertz CT molecular complexity index is 1180. The molecule has 0 spiro atoms. The number of ether oxygens (including phenoxy) is 2. The van der Waals surface area contributed by atoms with Crippen LogP contribution in [-0.4, -0.2) is 61.7 Å². The molecule has 3 heterocycles. The number of aliphatic hydroxyl groups is 3. The van der Waals surface area contributed by atoms with Crippen LogP contribution in [0.25, 0.3) is 11.3 Å². The second kappa shape index (κ2) is 11.1. The molecule has 0 radical (unpaired) electrons. The zero-order chi connectivity index (χ0) is 25.6. The summed E-state index contributed by atoms with van der Waals surface area (Å²) in [5.74, 6) is -2.47. The fraction of sp³-hybridized carbons (Fsp3) is 0.333. The molecule has 0 unspecified atom stereocenters. The van der Waals surface area contributed by atoms with E-state index >= 15 is 0 Å². The second-order valence-electron chi connectivity index (χ2n) is 8.15. The van der Waals surface area contributed by atoms with Crippen molar-refractivity contribution in [2.75, 3.05) is 24.4 Å². The summed E-state index contributed by atoms with van der Waals surface area (Å²) in [4.78, 5) is 13.1. The third kappa shape index (κ3) is 6.85. The summed E-state index contributed by atoms with van der Waals surface area (Å²) in [6.45, 7) is 5.20. The lowest BCUT2D eigenvalue weighted by Crippen LogP contribution is -2.35. The number of hydrogen-bond acceptors (Lipinski definition) is 11. The van der Waals surface area contributed by atoms with Crippen molar-refractivity contribution in [3.63, 3.8) is 0 Å². The average Bonchev–Trinajstić information content (AvgIpc) is 2.81. The van der Waals surface area contributed by atoms with Crippen LogP contribution in [0.15, 0.2) is 42.7 Å². The average molecular weight is 483 g/mol. The smallest absolute Gasteiger partial charge is 0.311 e. The van der Waals surface area contributed by atoms with E-state index in [1.54, 1.807) is 38.4 Å². The molecule has 0 amide bonds. The van der Waals surface area contributed by atoms with E-state index in [-0.39, 0.29) is 17.6 Å². The molecule has 35 heavy (non-hydrogen) atoms. The molecule has 0 atom stereocenters. The molecular weight excluding hydrogens is 452 g/mol. The highest BCUT2D eigenvalue weighted by molar-refractivity contribution is 6.03. The van der Waals surface area contributed by atoms with Gasteiger partial charge in [-0.25, -0.2) is 15.0 Å². The zero-order valence-electron chi connectivity index (χ0n) is 20.0. The topological polar surface area (TPSA) is 166 Å². The molecule has 0 aliphatic rings. The van der Waals surface area contributed by atoms with Crippen molar-refractivity contribution < 1.29 is 24.8 Å². The van der Waals surface area contributed by atoms with Crippen molar-refractivity contribution >= 4 is 17.1 Å². The molecule has 186 valence electrons. The number of rotatable bonds is 11. The number of nitrogens with zero attached hydrogens (tertiary/aromatic N) is 3. The van der Waals surface area contributed by atoms with Crippen molar-refractivity contribution in [3.05, 3.63) is 54.0 Å². The van der Waals surface area contributed by atoms with Gasteiger partial charge < -0.3 is 40.8 Å². The Morgan fingerprint density at radius 2 is 1.80 bits per heavy atom. The van der Waals surface area contributed by atoms with Crippen molar-refractivity contribution in [2.24, 2.45) is 0 Å². The van der Waals surface area contributed by atoms with Gasteiger partial charge in [-0.05, 0) is 45.0 Å². The van der Waals surface area contributed by atoms with Crippen LogP contribution in [0.5, 0.6) is 11.8 Å². The fourth-order valence-corrected chi connectivity index (χ4v) is 3.33. The minimum Gasteiger partial charge on any atom is -0.481 e. The van der Waals surface area contributed by atoms with E-state index in [0.717, 1.165) is 5.56 Å². The minimum absolute atomic E-state index is 0.0413. The van der Waals surface area contributed by atoms with E-state index in [4.69, 9.17) is 14.9 Å². The lowest BCUT2D eigenvalue weighted by Gasteiger charge is -2.21. The maximum Gasteiger partial charge on any atom is 0.311 e. The predicted molar refractivity (Wildman–Crippen MR) is 132 cm³/mol. The summed E-state index contributed by atoms with van der Waals surface area (Å²) in [6, 6.07) is 8.95. The monoisotopic (exact) mass is 482 g/mol. The molecular formula is C24H30N6O5. The first-order valence-corrected chi connectivity index (χ1v) is 10.9. The van der Waals surface area contributed by atoms with Gasteiger partial charge in [0.15, 0.2) is 6.61 Å². The van der Waals surface area contributed by atoms with Gasteiger partial charge in [0.25, 0.3) is 0 Å². The van der Waals surface area contributed by atoms with Crippen LogP contribution >= 0.6 is 0 Å². The lowest BCUT2D eigenvalue weighted by atomic mass is 10.1. The van der Waals surface area contributed by atoms with Crippen LogP contribution in [0.1, 0.15) is 32.0 Å². The Morgan fingerprint density at radius 3 is 2.43 bits per heavy atom. The highest BCUT2D eigenvalue weighted by Gasteiger charge is 2.23. The molecule has 0 saturated carbocycles. The summed E-state index contributed by atoms with van der Waals surface area (Å²) in [6.07, 6.45) is 3.12. The molecule has 0 aromatic carbocycles. The van der Waals surface area contributed by atoms with Gasteiger partial charge in [-0.2, -0.15) is 0 Å². The quantitative estimate of drug-likeness (QED) is 0.176. The highest BCUT2D eigenvalue weighted by Crippen LogP contribution is 2.35. The van der Waals surface area contributed by atoms with Crippen LogP contribution in [0, 0.1) is 5.41 Å². The molecule has 0 aliphatic carbocycles. The molecule has 11 heteroatoms. The van der Waals surface area contributed by atoms with Crippen LogP contribution in [0.3, 0.4) is 0 Å². The normalized spacial score (nSPS) is 11.3. The molecule has 3 rings (SSSR count). The van der Waals surface area contributed by atoms with Crippen LogP contribution in [0.4, 0.5) is 11.4 Å². The summed E-state index contributed by atoms with van der Waals surface area (Å²) in [5, 5.41) is 42.8. The Labute approximate surface area is 203 Å². The van der Waals surface area contributed by atoms with Crippen LogP contribution in [0.2, 0.25) is 0 Å². The van der Waals surface area contributed by atoms with Crippen LogP contribution in [-0.2, 0) is 6.54 Å². The Kier molecular flexibility index (Phi) is 8.18. The van der Waals surface area contributed by atoms with Crippen molar-refractivity contribution in [1.29, 1.82) is 5.41 Å². The van der Waals surface area contributed by atoms with Gasteiger partial charge >= 0.3 is 5.97 Å². The number of methoxy groups -OCH3 is 1. The first-order valence-electron chi connectivity index (χ1n) is 10.9. The predicted octanol–water partition coefficient (Wildman–Crippen LogP) is 2.38. The Morgan fingerprint density at radius 1 is 1.11 bits per heavy atom. The van der Waals surface area contributed by atoms with Crippen molar-refractivity contribution in [3.8, 4) is 23.0 Å². The second-order valence-corrected chi connectivity index (χ2v) is 8.15. The number of aromatic nitrogens is 3. The van der Waals surface area contributed by atoms with Gasteiger partial charge in [-0.15, -0.1) is 0 Å². The van der Waals surface area contributed by atoms with Crippen molar-refractivity contribution in [2.45, 2.75) is 39.3 Å². The largest absolute Gasteiger partial charge is 0.481 e. The molecule has 6 N–H and O–H groups in total. The zero-order valence-corrected chi connectivity index (χ0v) is 20.0. The lowest BCUT2D eigenvalue weighted by molar-refractivity contribution is -0.322. The van der Waals surface area contributed by atoms with Crippen molar-refractivity contribution in [1.82, 2.24) is 15.0 Å². The first kappa shape index (κ1) is 25.8. The number of pyridine rings is 3. The van der Waals surface area contributed by atoms with E-state index < -0.39 is 12.6 Å². The molecule has 0 saturated heterocycles. The van der Waals surface area contributed by atoms with Gasteiger partial charge in [0.1, 0.15) is 5.69 Å². The standard InChI is InChI=1S/C24H30N6O5/c1-14(2)29-21-19(28-12-16-7-5-9-26-22(16)34-4)11-18(30-20(21)15(3)25)17-8-6-10-27-23(17)35-13-24(31,32)33/h5-11,14,25,29,31-33H,12-13H2,1-4H3,(H,28,30). The summed E-state index contributed by atoms with van der Waals surface area (Å²) < 4.78 is 10.7. The van der Waals surface area contributed by atoms with Gasteiger partial charge in [-0.1, -0.05) is 6.07 Å². The van der Waals surface area contributed by atoms with Gasteiger partial charge in [0.05, 0.1) is 35.5 Å². The molecule has 0 bridgehead atoms. The fourth-order valence-electron chi connectivity index (χ4n) is 3.33. The molecule has 0 fully saturated rings. The molecule has 11 nitrogen and oxygen atoms in total. The van der Waals surface area contributed by atoms with E-state index in [1.807, 2.05) is 26.0 Å². The maximum atomic E-state index is 9.22. The minimum atomic E-state index is -3.01. The SMILES string of the molecule is COc1ncccc1CNc1cc(-c2cccnc2OCC(O)(O)O)nc(C(C)=N)c1NC(C)C. The summed E-state index contributed by atoms with van der Waals surface area (Å²) in [5.41, 5.74) is 3.71. The van der Waals surface area contributed by atoms with E-state index in [1.165, 1.54) is 6.20 Å². The number of anilines is 2. The number of nitrogens with one attached hydrogen (secondary N) is 3.